The highest BCUT2D eigenvalue weighted by molar-refractivity contribution is 6.67. The van der Waals surface area contributed by atoms with E-state index >= 15 is 0 Å². The van der Waals surface area contributed by atoms with Gasteiger partial charge in [0, 0.05) is 11.6 Å². The third-order valence-corrected chi connectivity index (χ3v) is 6.28. The predicted octanol–water partition coefficient (Wildman–Crippen LogP) is 6.24. The van der Waals surface area contributed by atoms with Gasteiger partial charge < -0.3 is 4.74 Å². The first-order valence-corrected chi connectivity index (χ1v) is 12.1. The van der Waals surface area contributed by atoms with E-state index in [1.54, 1.807) is 6.07 Å². The zero-order valence-corrected chi connectivity index (χ0v) is 19.9. The van der Waals surface area contributed by atoms with E-state index in [1.807, 2.05) is 43.3 Å². The van der Waals surface area contributed by atoms with Crippen LogP contribution in [-0.4, -0.2) is 17.4 Å². The molecule has 0 aliphatic heterocycles. The Balaban J connectivity index is 1.52. The van der Waals surface area contributed by atoms with Gasteiger partial charge in [-0.15, -0.1) is 0 Å². The summed E-state index contributed by atoms with van der Waals surface area (Å²) in [4.78, 5) is 23.7. The summed E-state index contributed by atoms with van der Waals surface area (Å²) in [5.41, 5.74) is 9.51. The van der Waals surface area contributed by atoms with Gasteiger partial charge in [0.15, 0.2) is 0 Å². The second kappa shape index (κ2) is 13.2. The number of aryl methyl sites for hydroxylation is 1. The van der Waals surface area contributed by atoms with Gasteiger partial charge in [0.2, 0.25) is 0 Å². The number of halogens is 1. The van der Waals surface area contributed by atoms with Crippen molar-refractivity contribution in [2.45, 2.75) is 64.5 Å². The Morgan fingerprint density at radius 3 is 2.55 bits per heavy atom. The van der Waals surface area contributed by atoms with E-state index in [0.29, 0.717) is 11.5 Å². The summed E-state index contributed by atoms with van der Waals surface area (Å²) in [6.07, 6.45) is 11.4. The van der Waals surface area contributed by atoms with Crippen molar-refractivity contribution in [3.05, 3.63) is 82.9 Å². The lowest BCUT2D eigenvalue weighted by atomic mass is 9.83. The van der Waals surface area contributed by atoms with E-state index in [-0.39, 0.29) is 12.6 Å². The van der Waals surface area contributed by atoms with E-state index in [2.05, 4.69) is 29.1 Å². The summed E-state index contributed by atoms with van der Waals surface area (Å²) in [6, 6.07) is 15.5. The maximum Gasteiger partial charge on any atom is 0.421 e. The molecule has 0 radical (unpaired) electrons. The zero-order chi connectivity index (χ0) is 23.5. The van der Waals surface area contributed by atoms with E-state index in [1.165, 1.54) is 19.3 Å². The van der Waals surface area contributed by atoms with E-state index < -0.39 is 11.3 Å². The Morgan fingerprint density at radius 2 is 1.82 bits per heavy atom. The quantitative estimate of drug-likeness (QED) is 0.246. The molecule has 176 valence electrons. The highest BCUT2D eigenvalue weighted by Gasteiger charge is 2.23. The van der Waals surface area contributed by atoms with Crippen LogP contribution in [0.3, 0.4) is 0 Å². The molecule has 2 aromatic carbocycles. The number of hydrazine groups is 1. The normalized spacial score (nSPS) is 15.3. The van der Waals surface area contributed by atoms with Crippen LogP contribution in [0.5, 0.6) is 0 Å². The van der Waals surface area contributed by atoms with E-state index in [9.17, 15) is 9.59 Å². The van der Waals surface area contributed by atoms with Crippen LogP contribution in [0.15, 0.2) is 60.7 Å². The minimum atomic E-state index is -0.471. The summed E-state index contributed by atoms with van der Waals surface area (Å²) in [6.45, 7) is 2.20. The highest BCUT2D eigenvalue weighted by Crippen LogP contribution is 2.28. The molecule has 1 atom stereocenters. The van der Waals surface area contributed by atoms with Gasteiger partial charge in [-0.2, -0.15) is 0 Å². The number of carbonyl (C=O) groups excluding carboxylic acids is 2. The molecule has 1 aliphatic carbocycles. The van der Waals surface area contributed by atoms with Crippen LogP contribution in [0, 0.1) is 12.8 Å². The Labute approximate surface area is 201 Å². The molecule has 0 spiro atoms. The van der Waals surface area contributed by atoms with Crippen molar-refractivity contribution < 1.29 is 14.3 Å². The van der Waals surface area contributed by atoms with Crippen LogP contribution in [0.1, 0.15) is 65.6 Å². The number of carbonyl (C=O) groups is 2. The Morgan fingerprint density at radius 1 is 1.06 bits per heavy atom. The van der Waals surface area contributed by atoms with E-state index in [4.69, 9.17) is 16.3 Å². The second-order valence-electron chi connectivity index (χ2n) is 8.73. The molecule has 1 amide bonds. The Hall–Kier alpha value is -2.63. The number of rotatable bonds is 10. The maximum absolute atomic E-state index is 12.2. The van der Waals surface area contributed by atoms with Gasteiger partial charge >= 0.3 is 6.09 Å². The molecule has 2 N–H and O–H groups in total. The fraction of sp³-hybridized carbons (Fsp3) is 0.407. The molecule has 0 saturated heterocycles. The molecule has 0 bridgehead atoms. The highest BCUT2D eigenvalue weighted by atomic mass is 35.5. The lowest BCUT2D eigenvalue weighted by Gasteiger charge is -2.30. The van der Waals surface area contributed by atoms with Gasteiger partial charge in [0.1, 0.15) is 6.61 Å². The smallest absolute Gasteiger partial charge is 0.421 e. The van der Waals surface area contributed by atoms with Crippen LogP contribution in [0.2, 0.25) is 0 Å². The molecule has 6 heteroatoms. The molecule has 5 nitrogen and oxygen atoms in total. The van der Waals surface area contributed by atoms with Gasteiger partial charge in [0.25, 0.3) is 5.24 Å². The molecule has 3 rings (SSSR count). The van der Waals surface area contributed by atoms with Gasteiger partial charge in [-0.25, -0.2) is 10.2 Å². The third kappa shape index (κ3) is 8.67. The van der Waals surface area contributed by atoms with Crippen molar-refractivity contribution in [2.75, 3.05) is 0 Å². The number of hydrogen-bond donors (Lipinski definition) is 2. The molecular formula is C27H33ClN2O3. The monoisotopic (exact) mass is 468 g/mol. The number of ether oxygens (including phenoxy) is 1. The minimum absolute atomic E-state index is 0.142. The second-order valence-corrected chi connectivity index (χ2v) is 9.07. The van der Waals surface area contributed by atoms with Gasteiger partial charge in [-0.3, -0.25) is 10.2 Å². The fourth-order valence-electron chi connectivity index (χ4n) is 4.37. The van der Waals surface area contributed by atoms with Gasteiger partial charge in [-0.05, 0) is 73.4 Å². The number of amides is 1. The summed E-state index contributed by atoms with van der Waals surface area (Å²) in [5, 5.41) is -0.435. The SMILES string of the molecule is Cc1cc(C/C=C/C[C@@H](NNC(=O)OCc2ccccc2)C2CCCCC2)cc(C(=O)Cl)c1. The summed E-state index contributed by atoms with van der Waals surface area (Å²) < 4.78 is 5.32. The molecule has 0 aromatic heterocycles. The van der Waals surface area contributed by atoms with Crippen LogP contribution in [0.25, 0.3) is 0 Å². The standard InChI is InChI=1S/C27H33ClN2O3/c1-20-16-22(18-24(17-20)26(28)31)12-8-9-15-25(23-13-6-3-7-14-23)29-30-27(32)33-19-21-10-4-2-5-11-21/h2,4-5,8-11,16-18,23,25,29H,3,6-7,12-15,19H2,1H3,(H,30,32)/b9-8+/t25-/m1/s1. The first-order chi connectivity index (χ1) is 16.0. The number of nitrogens with one attached hydrogen (secondary N) is 2. The number of benzene rings is 2. The van der Waals surface area contributed by atoms with Crippen molar-refractivity contribution >= 4 is 22.9 Å². The van der Waals surface area contributed by atoms with Crippen LogP contribution < -0.4 is 10.9 Å². The lowest BCUT2D eigenvalue weighted by Crippen LogP contribution is -2.48. The molecule has 1 aliphatic rings. The van der Waals surface area contributed by atoms with Crippen molar-refractivity contribution in [1.29, 1.82) is 0 Å². The lowest BCUT2D eigenvalue weighted by molar-refractivity contribution is 0.108. The van der Waals surface area contributed by atoms with Gasteiger partial charge in [0.05, 0.1) is 0 Å². The van der Waals surface area contributed by atoms with Crippen LogP contribution in [-0.2, 0) is 17.8 Å². The van der Waals surface area contributed by atoms with Crippen molar-refractivity contribution in [1.82, 2.24) is 10.9 Å². The maximum atomic E-state index is 12.2. The summed E-state index contributed by atoms with van der Waals surface area (Å²) in [5.74, 6) is 0.511. The first kappa shape index (κ1) is 25.0. The minimum Gasteiger partial charge on any atom is -0.444 e. The third-order valence-electron chi connectivity index (χ3n) is 6.07. The molecule has 33 heavy (non-hydrogen) atoms. The topological polar surface area (TPSA) is 67.4 Å². The van der Waals surface area contributed by atoms with Gasteiger partial charge in [-0.1, -0.05) is 73.4 Å². The molecular weight excluding hydrogens is 436 g/mol. The van der Waals surface area contributed by atoms with E-state index in [0.717, 1.165) is 42.4 Å². The molecule has 1 saturated carbocycles. The first-order valence-electron chi connectivity index (χ1n) is 11.7. The van der Waals surface area contributed by atoms with Crippen molar-refractivity contribution in [3.63, 3.8) is 0 Å². The average Bonchev–Trinajstić information content (AvgIpc) is 2.83. The molecule has 0 unspecified atom stereocenters. The zero-order valence-electron chi connectivity index (χ0n) is 19.2. The van der Waals surface area contributed by atoms with Crippen LogP contribution >= 0.6 is 11.6 Å². The Kier molecular flexibility index (Phi) is 9.98. The number of allylic oxidation sites excluding steroid dienone is 1. The van der Waals surface area contributed by atoms with Crippen LogP contribution in [0.4, 0.5) is 4.79 Å². The number of hydrogen-bond acceptors (Lipinski definition) is 4. The predicted molar refractivity (Wildman–Crippen MR) is 132 cm³/mol. The summed E-state index contributed by atoms with van der Waals surface area (Å²) >= 11 is 5.64. The molecule has 1 fully saturated rings. The summed E-state index contributed by atoms with van der Waals surface area (Å²) in [7, 11) is 0. The van der Waals surface area contributed by atoms with Crippen molar-refractivity contribution in [2.24, 2.45) is 5.92 Å². The Bertz CT molecular complexity index is 940. The average molecular weight is 469 g/mol. The molecule has 0 heterocycles. The molecule has 2 aromatic rings. The van der Waals surface area contributed by atoms with Crippen molar-refractivity contribution in [3.8, 4) is 0 Å². The largest absolute Gasteiger partial charge is 0.444 e. The fourth-order valence-corrected chi connectivity index (χ4v) is 4.48.